The molecule has 1 aliphatic heterocycles. The summed E-state index contributed by atoms with van der Waals surface area (Å²) in [5, 5.41) is 6.47. The third-order valence-electron chi connectivity index (χ3n) is 4.69. The molecule has 0 unspecified atom stereocenters. The minimum atomic E-state index is -0.118. The minimum Gasteiger partial charge on any atom is -0.459 e. The molecule has 2 aromatic rings. The summed E-state index contributed by atoms with van der Waals surface area (Å²) in [6, 6.07) is 8.93. The number of anilines is 2. The summed E-state index contributed by atoms with van der Waals surface area (Å²) in [5.74, 6) is 0.398. The fraction of sp³-hybridized carbons (Fsp3) is 0.381. The van der Waals surface area contributed by atoms with Gasteiger partial charge in [-0.1, -0.05) is 25.4 Å². The fourth-order valence-corrected chi connectivity index (χ4v) is 3.79. The van der Waals surface area contributed by atoms with Gasteiger partial charge in [-0.2, -0.15) is 0 Å². The van der Waals surface area contributed by atoms with Gasteiger partial charge in [-0.3, -0.25) is 9.59 Å². The third-order valence-corrected chi connectivity index (χ3v) is 5.20. The molecule has 1 aromatic carbocycles. The lowest BCUT2D eigenvalue weighted by atomic mass is 10.1. The molecule has 7 nitrogen and oxygen atoms in total. The van der Waals surface area contributed by atoms with Crippen LogP contribution in [-0.4, -0.2) is 48.0 Å². The smallest absolute Gasteiger partial charge is 0.289 e. The van der Waals surface area contributed by atoms with E-state index in [1.54, 1.807) is 23.1 Å². The highest BCUT2D eigenvalue weighted by Crippen LogP contribution is 2.30. The van der Waals surface area contributed by atoms with E-state index < -0.39 is 0 Å². The van der Waals surface area contributed by atoms with Gasteiger partial charge in [0.15, 0.2) is 10.9 Å². The Balaban J connectivity index is 1.55. The molecule has 9 heteroatoms. The van der Waals surface area contributed by atoms with Crippen molar-refractivity contribution in [1.29, 1.82) is 0 Å². The van der Waals surface area contributed by atoms with Gasteiger partial charge in [-0.25, -0.2) is 0 Å². The predicted octanol–water partition coefficient (Wildman–Crippen LogP) is 3.75. The van der Waals surface area contributed by atoms with Crippen molar-refractivity contribution in [3.8, 4) is 0 Å². The van der Waals surface area contributed by atoms with Crippen molar-refractivity contribution in [3.63, 3.8) is 0 Å². The van der Waals surface area contributed by atoms with Gasteiger partial charge in [-0.05, 0) is 48.5 Å². The van der Waals surface area contributed by atoms with E-state index in [1.165, 1.54) is 6.26 Å². The number of thiocarbonyl (C=S) groups is 1. The Morgan fingerprint density at radius 2 is 1.93 bits per heavy atom. The highest BCUT2D eigenvalue weighted by atomic mass is 35.5. The van der Waals surface area contributed by atoms with E-state index in [2.05, 4.69) is 15.5 Å². The molecule has 0 bridgehead atoms. The number of halogens is 1. The van der Waals surface area contributed by atoms with Crippen molar-refractivity contribution in [2.24, 2.45) is 5.92 Å². The van der Waals surface area contributed by atoms with Crippen LogP contribution in [0.3, 0.4) is 0 Å². The summed E-state index contributed by atoms with van der Waals surface area (Å²) < 4.78 is 5.20. The van der Waals surface area contributed by atoms with Crippen molar-refractivity contribution in [3.05, 3.63) is 47.4 Å². The number of piperazine rings is 1. The van der Waals surface area contributed by atoms with Gasteiger partial charge in [0.1, 0.15) is 0 Å². The highest BCUT2D eigenvalue weighted by Gasteiger charge is 2.24. The lowest BCUT2D eigenvalue weighted by Gasteiger charge is -2.36. The van der Waals surface area contributed by atoms with Crippen molar-refractivity contribution in [2.45, 2.75) is 20.3 Å². The summed E-state index contributed by atoms with van der Waals surface area (Å²) in [6.45, 7) is 6.46. The summed E-state index contributed by atoms with van der Waals surface area (Å²) >= 11 is 11.7. The number of benzene rings is 1. The Morgan fingerprint density at radius 1 is 1.20 bits per heavy atom. The molecular weight excluding hydrogens is 424 g/mol. The van der Waals surface area contributed by atoms with Gasteiger partial charge >= 0.3 is 0 Å². The van der Waals surface area contributed by atoms with Gasteiger partial charge < -0.3 is 24.9 Å². The van der Waals surface area contributed by atoms with E-state index in [9.17, 15) is 9.59 Å². The van der Waals surface area contributed by atoms with Gasteiger partial charge in [0.25, 0.3) is 5.91 Å². The number of hydrogen-bond acceptors (Lipinski definition) is 5. The topological polar surface area (TPSA) is 77.8 Å². The Morgan fingerprint density at radius 3 is 2.53 bits per heavy atom. The van der Waals surface area contributed by atoms with E-state index in [0.29, 0.717) is 49.1 Å². The first-order valence-corrected chi connectivity index (χ1v) is 10.6. The first kappa shape index (κ1) is 22.1. The van der Waals surface area contributed by atoms with Gasteiger partial charge in [0.2, 0.25) is 5.91 Å². The van der Waals surface area contributed by atoms with Crippen LogP contribution in [0.2, 0.25) is 5.02 Å². The zero-order chi connectivity index (χ0) is 21.7. The Hall–Kier alpha value is -2.58. The van der Waals surface area contributed by atoms with Gasteiger partial charge in [0.05, 0.1) is 17.0 Å². The zero-order valence-corrected chi connectivity index (χ0v) is 18.6. The van der Waals surface area contributed by atoms with E-state index >= 15 is 0 Å². The zero-order valence-electron chi connectivity index (χ0n) is 17.0. The normalized spacial score (nSPS) is 14.0. The number of nitrogens with one attached hydrogen (secondary N) is 2. The lowest BCUT2D eigenvalue weighted by Crippen LogP contribution is -2.48. The molecule has 2 amide bonds. The highest BCUT2D eigenvalue weighted by molar-refractivity contribution is 7.80. The summed E-state index contributed by atoms with van der Waals surface area (Å²) in [6.07, 6.45) is 1.91. The lowest BCUT2D eigenvalue weighted by molar-refractivity contribution is -0.120. The van der Waals surface area contributed by atoms with Gasteiger partial charge in [-0.15, -0.1) is 0 Å². The van der Waals surface area contributed by atoms with E-state index in [-0.39, 0.29) is 22.8 Å². The monoisotopic (exact) mass is 448 g/mol. The fourth-order valence-electron chi connectivity index (χ4n) is 3.26. The van der Waals surface area contributed by atoms with E-state index in [4.69, 9.17) is 28.2 Å². The molecule has 0 saturated carbocycles. The molecule has 1 fully saturated rings. The largest absolute Gasteiger partial charge is 0.459 e. The molecule has 0 radical (unpaired) electrons. The van der Waals surface area contributed by atoms with Crippen LogP contribution < -0.4 is 15.5 Å². The Labute approximate surface area is 186 Å². The van der Waals surface area contributed by atoms with Crippen LogP contribution in [0.5, 0.6) is 0 Å². The van der Waals surface area contributed by atoms with Crippen LogP contribution in [-0.2, 0) is 4.79 Å². The number of carbonyl (C=O) groups is 2. The summed E-state index contributed by atoms with van der Waals surface area (Å²) in [4.78, 5) is 28.1. The molecular formula is C21H25ClN4O3S. The first-order chi connectivity index (χ1) is 14.3. The van der Waals surface area contributed by atoms with Crippen molar-refractivity contribution in [1.82, 2.24) is 10.2 Å². The number of hydrogen-bond donors (Lipinski definition) is 2. The average Bonchev–Trinajstić information content (AvgIpc) is 3.21. The number of rotatable bonds is 5. The van der Waals surface area contributed by atoms with Crippen LogP contribution >= 0.6 is 23.8 Å². The molecule has 160 valence electrons. The Bertz CT molecular complexity index is 909. The average molecular weight is 449 g/mol. The van der Waals surface area contributed by atoms with Crippen LogP contribution in [0.25, 0.3) is 0 Å². The molecule has 1 saturated heterocycles. The molecule has 3 rings (SSSR count). The van der Waals surface area contributed by atoms with Crippen molar-refractivity contribution in [2.75, 3.05) is 36.4 Å². The van der Waals surface area contributed by atoms with E-state index in [1.807, 2.05) is 26.0 Å². The summed E-state index contributed by atoms with van der Waals surface area (Å²) in [5.41, 5.74) is 1.59. The molecule has 1 aromatic heterocycles. The number of carbonyl (C=O) groups excluding carboxylic acids is 2. The van der Waals surface area contributed by atoms with Crippen LogP contribution in [0.15, 0.2) is 41.0 Å². The van der Waals surface area contributed by atoms with Crippen LogP contribution in [0.4, 0.5) is 11.4 Å². The maximum absolute atomic E-state index is 12.4. The number of furan rings is 1. The van der Waals surface area contributed by atoms with Crippen LogP contribution in [0.1, 0.15) is 30.8 Å². The second-order valence-corrected chi connectivity index (χ2v) is 8.34. The Kier molecular flexibility index (Phi) is 7.33. The van der Waals surface area contributed by atoms with Crippen molar-refractivity contribution < 1.29 is 14.0 Å². The van der Waals surface area contributed by atoms with Gasteiger partial charge in [0, 0.05) is 38.3 Å². The third kappa shape index (κ3) is 5.73. The standard InChI is InChI=1S/C21H25ClN4O3S/c1-14(2)12-19(27)24-21(30)23-15-5-6-17(16(22)13-15)25-7-9-26(10-8-25)20(28)18-4-3-11-29-18/h3-6,11,13-14H,7-10,12H2,1-2H3,(H2,23,24,27,30). The minimum absolute atomic E-state index is 0.0988. The van der Waals surface area contributed by atoms with Crippen LogP contribution in [0, 0.1) is 5.92 Å². The molecule has 0 atom stereocenters. The molecule has 2 N–H and O–H groups in total. The molecule has 1 aliphatic rings. The molecule has 30 heavy (non-hydrogen) atoms. The van der Waals surface area contributed by atoms with Crippen molar-refractivity contribution >= 4 is 52.1 Å². The number of amides is 2. The quantitative estimate of drug-likeness (QED) is 0.678. The summed E-state index contributed by atoms with van der Waals surface area (Å²) in [7, 11) is 0. The maximum Gasteiger partial charge on any atom is 0.289 e. The van der Waals surface area contributed by atoms with E-state index in [0.717, 1.165) is 5.69 Å². The molecule has 0 spiro atoms. The molecule has 2 heterocycles. The SMILES string of the molecule is CC(C)CC(=O)NC(=S)Nc1ccc(N2CCN(C(=O)c3ccco3)CC2)c(Cl)c1. The number of nitrogens with zero attached hydrogens (tertiary/aromatic N) is 2. The first-order valence-electron chi connectivity index (χ1n) is 9.81. The predicted molar refractivity (Wildman–Crippen MR) is 122 cm³/mol. The maximum atomic E-state index is 12.4. The second kappa shape index (κ2) is 9.95. The molecule has 0 aliphatic carbocycles. The second-order valence-electron chi connectivity index (χ2n) is 7.52.